The normalized spacial score (nSPS) is 12.3. The first-order valence-electron chi connectivity index (χ1n) is 6.10. The fourth-order valence-electron chi connectivity index (χ4n) is 1.69. The average Bonchev–Trinajstić information content (AvgIpc) is 2.46. The largest absolute Gasteiger partial charge is 0.368 e. The molecular formula is C15H18N2O. The SMILES string of the molecule is CC(OCc1ccc(CN)cn1)c1ccccc1. The zero-order valence-electron chi connectivity index (χ0n) is 10.5. The smallest absolute Gasteiger partial charge is 0.0896 e. The lowest BCUT2D eigenvalue weighted by atomic mass is 10.1. The Balaban J connectivity index is 1.91. The van der Waals surface area contributed by atoms with Crippen molar-refractivity contribution >= 4 is 0 Å². The molecule has 1 aromatic carbocycles. The Hall–Kier alpha value is -1.71. The maximum Gasteiger partial charge on any atom is 0.0896 e. The van der Waals surface area contributed by atoms with Crippen molar-refractivity contribution < 1.29 is 4.74 Å². The summed E-state index contributed by atoms with van der Waals surface area (Å²) in [4.78, 5) is 4.31. The summed E-state index contributed by atoms with van der Waals surface area (Å²) in [5, 5.41) is 0. The van der Waals surface area contributed by atoms with Crippen molar-refractivity contribution in [2.24, 2.45) is 5.73 Å². The van der Waals surface area contributed by atoms with E-state index in [4.69, 9.17) is 10.5 Å². The number of hydrogen-bond donors (Lipinski definition) is 1. The van der Waals surface area contributed by atoms with E-state index < -0.39 is 0 Å². The van der Waals surface area contributed by atoms with Crippen LogP contribution >= 0.6 is 0 Å². The molecule has 2 N–H and O–H groups in total. The molecule has 0 aliphatic rings. The molecule has 2 rings (SSSR count). The molecule has 1 aromatic heterocycles. The van der Waals surface area contributed by atoms with Crippen molar-refractivity contribution in [3.63, 3.8) is 0 Å². The fraction of sp³-hybridized carbons (Fsp3) is 0.267. The van der Waals surface area contributed by atoms with Crippen molar-refractivity contribution in [1.29, 1.82) is 0 Å². The Morgan fingerprint density at radius 1 is 1.17 bits per heavy atom. The van der Waals surface area contributed by atoms with Crippen LogP contribution in [0.3, 0.4) is 0 Å². The van der Waals surface area contributed by atoms with E-state index in [0.717, 1.165) is 11.3 Å². The van der Waals surface area contributed by atoms with Gasteiger partial charge >= 0.3 is 0 Å². The first-order chi connectivity index (χ1) is 8.79. The predicted molar refractivity (Wildman–Crippen MR) is 71.8 cm³/mol. The Morgan fingerprint density at radius 3 is 2.56 bits per heavy atom. The highest BCUT2D eigenvalue weighted by atomic mass is 16.5. The Bertz CT molecular complexity index is 468. The summed E-state index contributed by atoms with van der Waals surface area (Å²) < 4.78 is 5.79. The molecule has 3 heteroatoms. The van der Waals surface area contributed by atoms with Crippen molar-refractivity contribution in [2.75, 3.05) is 0 Å². The molecule has 1 unspecified atom stereocenters. The van der Waals surface area contributed by atoms with E-state index in [-0.39, 0.29) is 6.10 Å². The lowest BCUT2D eigenvalue weighted by Crippen LogP contribution is -2.03. The van der Waals surface area contributed by atoms with E-state index in [1.165, 1.54) is 5.56 Å². The number of pyridine rings is 1. The molecule has 0 aliphatic heterocycles. The molecule has 0 fully saturated rings. The summed E-state index contributed by atoms with van der Waals surface area (Å²) in [5.41, 5.74) is 8.67. The topological polar surface area (TPSA) is 48.1 Å². The van der Waals surface area contributed by atoms with Crippen LogP contribution in [0.2, 0.25) is 0 Å². The van der Waals surface area contributed by atoms with Gasteiger partial charge in [0.05, 0.1) is 18.4 Å². The van der Waals surface area contributed by atoms with Gasteiger partial charge in [0.15, 0.2) is 0 Å². The van der Waals surface area contributed by atoms with Crippen LogP contribution in [0.1, 0.15) is 29.8 Å². The summed E-state index contributed by atoms with van der Waals surface area (Å²) >= 11 is 0. The lowest BCUT2D eigenvalue weighted by Gasteiger charge is -2.13. The minimum Gasteiger partial charge on any atom is -0.368 e. The highest BCUT2D eigenvalue weighted by molar-refractivity contribution is 5.17. The molecular weight excluding hydrogens is 224 g/mol. The van der Waals surface area contributed by atoms with Crippen molar-refractivity contribution in [2.45, 2.75) is 26.2 Å². The number of rotatable bonds is 5. The van der Waals surface area contributed by atoms with Gasteiger partial charge in [-0.1, -0.05) is 36.4 Å². The third-order valence-corrected chi connectivity index (χ3v) is 2.87. The third-order valence-electron chi connectivity index (χ3n) is 2.87. The number of nitrogens with two attached hydrogens (primary N) is 1. The molecule has 0 bridgehead atoms. The van der Waals surface area contributed by atoms with Gasteiger partial charge in [-0.2, -0.15) is 0 Å². The van der Waals surface area contributed by atoms with Crippen LogP contribution in [0, 0.1) is 0 Å². The lowest BCUT2D eigenvalue weighted by molar-refractivity contribution is 0.0505. The summed E-state index contributed by atoms with van der Waals surface area (Å²) in [5.74, 6) is 0. The number of benzene rings is 1. The molecule has 0 saturated carbocycles. The van der Waals surface area contributed by atoms with Gasteiger partial charge in [0.2, 0.25) is 0 Å². The van der Waals surface area contributed by atoms with Gasteiger partial charge < -0.3 is 10.5 Å². The third kappa shape index (κ3) is 3.39. The van der Waals surface area contributed by atoms with Gasteiger partial charge in [-0.15, -0.1) is 0 Å². The van der Waals surface area contributed by atoms with Crippen LogP contribution in [0.15, 0.2) is 48.7 Å². The molecule has 1 heterocycles. The highest BCUT2D eigenvalue weighted by Crippen LogP contribution is 2.17. The molecule has 0 amide bonds. The van der Waals surface area contributed by atoms with Crippen molar-refractivity contribution in [3.05, 3.63) is 65.5 Å². The zero-order valence-corrected chi connectivity index (χ0v) is 10.5. The van der Waals surface area contributed by atoms with Gasteiger partial charge in [0, 0.05) is 12.7 Å². The Morgan fingerprint density at radius 2 is 1.94 bits per heavy atom. The zero-order chi connectivity index (χ0) is 12.8. The van der Waals surface area contributed by atoms with E-state index in [1.54, 1.807) is 6.20 Å². The van der Waals surface area contributed by atoms with E-state index in [1.807, 2.05) is 37.3 Å². The van der Waals surface area contributed by atoms with Gasteiger partial charge in [0.1, 0.15) is 0 Å². The Kier molecular flexibility index (Phi) is 4.45. The van der Waals surface area contributed by atoms with Crippen molar-refractivity contribution in [3.8, 4) is 0 Å². The molecule has 0 aliphatic carbocycles. The van der Waals surface area contributed by atoms with E-state index in [2.05, 4.69) is 17.1 Å². The summed E-state index contributed by atoms with van der Waals surface area (Å²) in [6, 6.07) is 14.1. The molecule has 94 valence electrons. The van der Waals surface area contributed by atoms with Crippen LogP contribution < -0.4 is 5.73 Å². The number of aromatic nitrogens is 1. The monoisotopic (exact) mass is 242 g/mol. The standard InChI is InChI=1S/C15H18N2O/c1-12(14-5-3-2-4-6-14)18-11-15-8-7-13(9-16)10-17-15/h2-8,10,12H,9,11,16H2,1H3. The number of nitrogens with zero attached hydrogens (tertiary/aromatic N) is 1. The highest BCUT2D eigenvalue weighted by Gasteiger charge is 2.05. The van der Waals surface area contributed by atoms with E-state index in [9.17, 15) is 0 Å². The molecule has 2 aromatic rings. The maximum atomic E-state index is 5.79. The minimum absolute atomic E-state index is 0.0715. The van der Waals surface area contributed by atoms with Gasteiger partial charge in [-0.3, -0.25) is 4.98 Å². The number of ether oxygens (including phenoxy) is 1. The fourth-order valence-corrected chi connectivity index (χ4v) is 1.69. The second-order valence-corrected chi connectivity index (χ2v) is 4.23. The van der Waals surface area contributed by atoms with Crippen LogP contribution in [-0.4, -0.2) is 4.98 Å². The van der Waals surface area contributed by atoms with Gasteiger partial charge in [-0.05, 0) is 24.1 Å². The van der Waals surface area contributed by atoms with E-state index in [0.29, 0.717) is 13.2 Å². The summed E-state index contributed by atoms with van der Waals surface area (Å²) in [6.45, 7) is 3.08. The van der Waals surface area contributed by atoms with Gasteiger partial charge in [-0.25, -0.2) is 0 Å². The second kappa shape index (κ2) is 6.28. The molecule has 0 spiro atoms. The predicted octanol–water partition coefficient (Wildman–Crippen LogP) is 2.82. The van der Waals surface area contributed by atoms with Crippen LogP contribution in [0.4, 0.5) is 0 Å². The van der Waals surface area contributed by atoms with Crippen molar-refractivity contribution in [1.82, 2.24) is 4.98 Å². The molecule has 1 atom stereocenters. The summed E-state index contributed by atoms with van der Waals surface area (Å²) in [6.07, 6.45) is 1.87. The molecule has 0 radical (unpaired) electrons. The van der Waals surface area contributed by atoms with Gasteiger partial charge in [0.25, 0.3) is 0 Å². The van der Waals surface area contributed by atoms with Crippen LogP contribution in [-0.2, 0) is 17.9 Å². The van der Waals surface area contributed by atoms with Crippen LogP contribution in [0.5, 0.6) is 0 Å². The first-order valence-corrected chi connectivity index (χ1v) is 6.10. The van der Waals surface area contributed by atoms with Crippen LogP contribution in [0.25, 0.3) is 0 Å². The minimum atomic E-state index is 0.0715. The molecule has 3 nitrogen and oxygen atoms in total. The average molecular weight is 242 g/mol. The quantitative estimate of drug-likeness (QED) is 0.877. The second-order valence-electron chi connectivity index (χ2n) is 4.23. The first kappa shape index (κ1) is 12.7. The molecule has 18 heavy (non-hydrogen) atoms. The maximum absolute atomic E-state index is 5.79. The van der Waals surface area contributed by atoms with E-state index >= 15 is 0 Å². The number of hydrogen-bond acceptors (Lipinski definition) is 3. The summed E-state index contributed by atoms with van der Waals surface area (Å²) in [7, 11) is 0. The Labute approximate surface area is 108 Å². The molecule has 0 saturated heterocycles.